The van der Waals surface area contributed by atoms with E-state index >= 15 is 0 Å². The smallest absolute Gasteiger partial charge is 0.135 e. The van der Waals surface area contributed by atoms with Crippen molar-refractivity contribution in [1.82, 2.24) is 4.98 Å². The SMILES string of the molecule is NC(/N=c1\[nH]cc(-c2ccccc2)cc1-c1ccccc1)c1cccc(-c2ccc3c(c2)C2(c4ccccc4-3)c3cc4ccccc4cc3N(c3ccccc3)c3cc4ccccc4cc32)c1. The molecule has 1 atom stereocenters. The van der Waals surface area contributed by atoms with Crippen molar-refractivity contribution in [2.75, 3.05) is 4.90 Å². The number of hydrogen-bond donors (Lipinski definition) is 2. The van der Waals surface area contributed by atoms with E-state index in [0.717, 1.165) is 50.1 Å². The molecule has 1 unspecified atom stereocenters. The maximum Gasteiger partial charge on any atom is 0.135 e. The third-order valence-corrected chi connectivity index (χ3v) is 14.0. The fourth-order valence-corrected chi connectivity index (χ4v) is 10.9. The van der Waals surface area contributed by atoms with Gasteiger partial charge in [0.1, 0.15) is 11.7 Å². The standard InChI is InChI=1S/C63H44N4/c64-61(66-62-54(42-19-6-2-7-20-42)34-50(40-65-62)41-17-4-1-5-18-41)49-26-16-25-43(33-49)48-31-32-53-52-29-14-15-30-55(52)63(56(53)35-48)57-36-44-21-10-12-23-46(44)38-59(57)67(51-27-8-3-9-28-51)60-39-47-24-13-11-22-45(47)37-58(60)63/h1-40,61H,64H2,(H,65,66). The second-order valence-corrected chi connectivity index (χ2v) is 17.7. The number of benzene rings is 10. The van der Waals surface area contributed by atoms with Crippen molar-refractivity contribution >= 4 is 38.6 Å². The molecule has 67 heavy (non-hydrogen) atoms. The van der Waals surface area contributed by atoms with Crippen LogP contribution < -0.4 is 16.1 Å². The minimum Gasteiger partial charge on any atom is -0.346 e. The first-order valence-corrected chi connectivity index (χ1v) is 23.0. The molecule has 2 aliphatic rings. The van der Waals surface area contributed by atoms with Crippen LogP contribution in [0.2, 0.25) is 0 Å². The second-order valence-electron chi connectivity index (χ2n) is 17.7. The second kappa shape index (κ2) is 15.6. The van der Waals surface area contributed by atoms with Crippen LogP contribution in [0.5, 0.6) is 0 Å². The number of H-pyrrole nitrogens is 1. The van der Waals surface area contributed by atoms with Crippen molar-refractivity contribution in [3.8, 4) is 44.5 Å². The van der Waals surface area contributed by atoms with Crippen LogP contribution in [0.15, 0.2) is 248 Å². The molecule has 2 heterocycles. The number of rotatable bonds is 6. The highest BCUT2D eigenvalue weighted by Crippen LogP contribution is 2.64. The third kappa shape index (κ3) is 6.22. The lowest BCUT2D eigenvalue weighted by Crippen LogP contribution is -2.36. The lowest BCUT2D eigenvalue weighted by molar-refractivity contribution is 0.739. The van der Waals surface area contributed by atoms with E-state index in [1.807, 2.05) is 18.3 Å². The lowest BCUT2D eigenvalue weighted by atomic mass is 9.63. The number of nitrogens with zero attached hydrogens (tertiary/aromatic N) is 2. The van der Waals surface area contributed by atoms with E-state index in [9.17, 15) is 0 Å². The summed E-state index contributed by atoms with van der Waals surface area (Å²) in [7, 11) is 0. The van der Waals surface area contributed by atoms with Gasteiger partial charge in [0.2, 0.25) is 0 Å². The Morgan fingerprint density at radius 1 is 0.388 bits per heavy atom. The van der Waals surface area contributed by atoms with Crippen molar-refractivity contribution in [3.63, 3.8) is 0 Å². The summed E-state index contributed by atoms with van der Waals surface area (Å²) in [5.41, 5.74) is 25.7. The van der Waals surface area contributed by atoms with Gasteiger partial charge in [0.05, 0.1) is 16.8 Å². The molecule has 316 valence electrons. The van der Waals surface area contributed by atoms with Gasteiger partial charge >= 0.3 is 0 Å². The summed E-state index contributed by atoms with van der Waals surface area (Å²) in [5, 5.41) is 4.85. The molecular formula is C63H44N4. The molecule has 13 rings (SSSR count). The van der Waals surface area contributed by atoms with Gasteiger partial charge < -0.3 is 15.6 Å². The predicted molar refractivity (Wildman–Crippen MR) is 277 cm³/mol. The number of pyridine rings is 1. The Balaban J connectivity index is 1.01. The maximum atomic E-state index is 7.10. The number of aromatic amines is 1. The van der Waals surface area contributed by atoms with Crippen molar-refractivity contribution < 1.29 is 0 Å². The number of hydrogen-bond acceptors (Lipinski definition) is 3. The highest BCUT2D eigenvalue weighted by Gasteiger charge is 2.52. The van der Waals surface area contributed by atoms with Gasteiger partial charge in [-0.3, -0.25) is 0 Å². The van der Waals surface area contributed by atoms with Crippen LogP contribution >= 0.6 is 0 Å². The Bertz CT molecular complexity index is 3690. The van der Waals surface area contributed by atoms with Crippen molar-refractivity contribution in [2.45, 2.75) is 11.6 Å². The molecule has 11 aromatic rings. The van der Waals surface area contributed by atoms with Crippen LogP contribution in [0.25, 0.3) is 66.1 Å². The highest BCUT2D eigenvalue weighted by molar-refractivity contribution is 6.03. The number of nitrogens with two attached hydrogens (primary N) is 1. The van der Waals surface area contributed by atoms with Crippen LogP contribution in [0.4, 0.5) is 17.1 Å². The zero-order valence-electron chi connectivity index (χ0n) is 36.6. The molecule has 1 aliphatic heterocycles. The quantitative estimate of drug-likeness (QED) is 0.175. The molecule has 4 nitrogen and oxygen atoms in total. The number of nitrogens with one attached hydrogen (secondary N) is 1. The molecule has 3 N–H and O–H groups in total. The zero-order valence-corrected chi connectivity index (χ0v) is 36.6. The summed E-state index contributed by atoms with van der Waals surface area (Å²) < 4.78 is 0. The molecular weight excluding hydrogens is 813 g/mol. The molecule has 4 heteroatoms. The fourth-order valence-electron chi connectivity index (χ4n) is 10.9. The molecule has 1 aromatic heterocycles. The summed E-state index contributed by atoms with van der Waals surface area (Å²) >= 11 is 0. The minimum absolute atomic E-state index is 0.617. The molecule has 0 fully saturated rings. The summed E-state index contributed by atoms with van der Waals surface area (Å²) in [4.78, 5) is 11.2. The van der Waals surface area contributed by atoms with E-state index in [0.29, 0.717) is 0 Å². The topological polar surface area (TPSA) is 57.4 Å². The number of aromatic nitrogens is 1. The molecule has 1 spiro atoms. The molecule has 1 aliphatic carbocycles. The Morgan fingerprint density at radius 2 is 0.925 bits per heavy atom. The molecule has 0 radical (unpaired) electrons. The number of para-hydroxylation sites is 1. The van der Waals surface area contributed by atoms with E-state index in [4.69, 9.17) is 10.7 Å². The van der Waals surface area contributed by atoms with Gasteiger partial charge in [-0.2, -0.15) is 0 Å². The largest absolute Gasteiger partial charge is 0.346 e. The van der Waals surface area contributed by atoms with Gasteiger partial charge in [0, 0.05) is 17.4 Å². The summed E-state index contributed by atoms with van der Waals surface area (Å²) in [5.74, 6) is 0. The molecule has 10 aromatic carbocycles. The van der Waals surface area contributed by atoms with Crippen molar-refractivity contribution in [1.29, 1.82) is 0 Å². The fraction of sp³-hybridized carbons (Fsp3) is 0.0317. The van der Waals surface area contributed by atoms with Crippen molar-refractivity contribution in [3.05, 3.63) is 276 Å². The monoisotopic (exact) mass is 856 g/mol. The zero-order chi connectivity index (χ0) is 44.5. The average Bonchev–Trinajstić information content (AvgIpc) is 3.68. The molecule has 0 bridgehead atoms. The molecule has 0 amide bonds. The average molecular weight is 857 g/mol. The van der Waals surface area contributed by atoms with Gasteiger partial charge in [-0.05, 0) is 143 Å². The van der Waals surface area contributed by atoms with Gasteiger partial charge in [0.25, 0.3) is 0 Å². The van der Waals surface area contributed by atoms with E-state index < -0.39 is 11.6 Å². The van der Waals surface area contributed by atoms with Crippen LogP contribution in [-0.2, 0) is 5.41 Å². The Hall–Kier alpha value is -8.57. The van der Waals surface area contributed by atoms with Gasteiger partial charge in [-0.25, -0.2) is 4.99 Å². The Kier molecular flexibility index (Phi) is 9.02. The van der Waals surface area contributed by atoms with Crippen LogP contribution in [0.3, 0.4) is 0 Å². The number of fused-ring (bicyclic) bond motifs is 11. The van der Waals surface area contributed by atoms with Crippen LogP contribution in [0.1, 0.15) is 34.0 Å². The Labute approximate surface area is 389 Å². The van der Waals surface area contributed by atoms with Gasteiger partial charge in [-0.15, -0.1) is 0 Å². The predicted octanol–water partition coefficient (Wildman–Crippen LogP) is 15.0. The molecule has 0 saturated carbocycles. The van der Waals surface area contributed by atoms with E-state index in [1.165, 1.54) is 66.3 Å². The third-order valence-electron chi connectivity index (χ3n) is 14.0. The summed E-state index contributed by atoms with van der Waals surface area (Å²) in [6.07, 6.45) is 1.41. The van der Waals surface area contributed by atoms with Gasteiger partial charge in [0.15, 0.2) is 0 Å². The van der Waals surface area contributed by atoms with E-state index in [1.54, 1.807) is 0 Å². The van der Waals surface area contributed by atoms with E-state index in [-0.39, 0.29) is 0 Å². The molecule has 0 saturated heterocycles. The highest BCUT2D eigenvalue weighted by atomic mass is 15.2. The number of anilines is 3. The minimum atomic E-state index is -0.634. The van der Waals surface area contributed by atoms with Crippen LogP contribution in [0, 0.1) is 0 Å². The Morgan fingerprint density at radius 3 is 1.60 bits per heavy atom. The van der Waals surface area contributed by atoms with Crippen LogP contribution in [-0.4, -0.2) is 4.98 Å². The first kappa shape index (κ1) is 38.9. The van der Waals surface area contributed by atoms with Crippen molar-refractivity contribution in [2.24, 2.45) is 10.7 Å². The normalized spacial score (nSPS) is 13.9. The van der Waals surface area contributed by atoms with Gasteiger partial charge in [-0.1, -0.05) is 182 Å². The first-order chi connectivity index (χ1) is 33.1. The van der Waals surface area contributed by atoms with E-state index in [2.05, 4.69) is 234 Å². The first-order valence-electron chi connectivity index (χ1n) is 23.0. The summed E-state index contributed by atoms with van der Waals surface area (Å²) in [6.45, 7) is 0. The lowest BCUT2D eigenvalue weighted by Gasteiger charge is -2.45. The summed E-state index contributed by atoms with van der Waals surface area (Å²) in [6, 6.07) is 85.9. The maximum absolute atomic E-state index is 7.10.